The lowest BCUT2D eigenvalue weighted by molar-refractivity contribution is -0.389. The summed E-state index contributed by atoms with van der Waals surface area (Å²) in [6, 6.07) is 2.45. The van der Waals surface area contributed by atoms with Crippen molar-refractivity contribution in [1.29, 1.82) is 0 Å². The van der Waals surface area contributed by atoms with Crippen LogP contribution in [0.2, 0.25) is 0 Å². The summed E-state index contributed by atoms with van der Waals surface area (Å²) in [6.45, 7) is 1.08. The Labute approximate surface area is 227 Å². The van der Waals surface area contributed by atoms with Gasteiger partial charge in [-0.05, 0) is 23.1 Å². The molecule has 0 bridgehead atoms. The molecule has 1 aromatic carbocycles. The van der Waals surface area contributed by atoms with Crippen LogP contribution in [0.4, 0.5) is 33.9 Å². The van der Waals surface area contributed by atoms with Crippen LogP contribution in [0.1, 0.15) is 12.6 Å². The number of nitrogens with one attached hydrogen (secondary N) is 1. The number of rotatable bonds is 7. The zero-order chi connectivity index (χ0) is 29.5. The van der Waals surface area contributed by atoms with Gasteiger partial charge in [0.05, 0.1) is 25.3 Å². The van der Waals surface area contributed by atoms with Crippen LogP contribution in [-0.4, -0.2) is 68.3 Å². The summed E-state index contributed by atoms with van der Waals surface area (Å²) in [5.41, 5.74) is -2.59. The van der Waals surface area contributed by atoms with E-state index in [1.807, 2.05) is 0 Å². The number of nitrogens with zero attached hydrogens (tertiary/aromatic N) is 6. The van der Waals surface area contributed by atoms with Crippen LogP contribution in [-0.2, 0) is 22.3 Å². The van der Waals surface area contributed by atoms with Gasteiger partial charge in [0.25, 0.3) is 0 Å². The lowest BCUT2D eigenvalue weighted by atomic mass is 10.0. The normalized spacial score (nSPS) is 18.4. The van der Waals surface area contributed by atoms with Crippen molar-refractivity contribution in [3.05, 3.63) is 52.2 Å². The van der Waals surface area contributed by atoms with Crippen molar-refractivity contribution >= 4 is 23.5 Å². The average Bonchev–Trinajstić information content (AvgIpc) is 3.50. The number of imidazole rings is 1. The fourth-order valence-electron chi connectivity index (χ4n) is 4.20. The lowest BCUT2D eigenvalue weighted by Crippen LogP contribution is -2.35. The van der Waals surface area contributed by atoms with Gasteiger partial charge in [-0.1, -0.05) is 0 Å². The first kappa shape index (κ1) is 27.5. The highest BCUT2D eigenvalue weighted by Crippen LogP contribution is 2.38. The second-order valence-electron chi connectivity index (χ2n) is 8.97. The molecule has 0 spiro atoms. The molecule has 1 saturated heterocycles. The van der Waals surface area contributed by atoms with Crippen molar-refractivity contribution in [2.45, 2.75) is 31.9 Å². The third-order valence-corrected chi connectivity index (χ3v) is 6.03. The van der Waals surface area contributed by atoms with E-state index in [2.05, 4.69) is 20.3 Å². The van der Waals surface area contributed by atoms with E-state index in [1.54, 1.807) is 0 Å². The molecule has 0 unspecified atom stereocenters. The number of aromatic nitrogens is 4. The third kappa shape index (κ3) is 5.80. The fourth-order valence-corrected chi connectivity index (χ4v) is 4.20. The Morgan fingerprint density at radius 1 is 1.27 bits per heavy atom. The summed E-state index contributed by atoms with van der Waals surface area (Å²) < 4.78 is 74.2. The summed E-state index contributed by atoms with van der Waals surface area (Å²) in [7, 11) is 0. The van der Waals surface area contributed by atoms with Crippen LogP contribution >= 0.6 is 0 Å². The molecule has 216 valence electrons. The maximum Gasteiger partial charge on any atom is 0.434 e. The molecular weight excluding hydrogens is 562 g/mol. The van der Waals surface area contributed by atoms with Crippen LogP contribution in [0.3, 0.4) is 0 Å². The number of hydrogen-bond acceptors (Lipinski definition) is 10. The molecule has 2 aliphatic heterocycles. The Balaban J connectivity index is 1.36. The maximum absolute atomic E-state index is 15.1. The van der Waals surface area contributed by atoms with Crippen molar-refractivity contribution in [2.24, 2.45) is 0 Å². The molecule has 1 fully saturated rings. The molecule has 0 radical (unpaired) electrons. The SMILES string of the molecule is CC(=O)NC[C@H]1CN(c2ccc(-c3cnc(O[C@@H]4COc5nc([N+](=O)[O-])cn5C4)nc3C(F)(F)F)c(F)c2)C(=O)O1. The smallest absolute Gasteiger partial charge is 0.434 e. The number of nitro groups is 1. The lowest BCUT2D eigenvalue weighted by Gasteiger charge is -2.22. The highest BCUT2D eigenvalue weighted by Gasteiger charge is 2.39. The summed E-state index contributed by atoms with van der Waals surface area (Å²) in [5, 5.41) is 13.4. The third-order valence-electron chi connectivity index (χ3n) is 6.03. The van der Waals surface area contributed by atoms with E-state index in [1.165, 1.54) is 17.6 Å². The van der Waals surface area contributed by atoms with Gasteiger partial charge in [0.1, 0.15) is 24.7 Å². The Morgan fingerprint density at radius 2 is 2.05 bits per heavy atom. The van der Waals surface area contributed by atoms with E-state index >= 15 is 4.39 Å². The largest absolute Gasteiger partial charge is 0.455 e. The van der Waals surface area contributed by atoms with Gasteiger partial charge >= 0.3 is 30.1 Å². The molecule has 2 aliphatic rings. The van der Waals surface area contributed by atoms with E-state index in [9.17, 15) is 32.9 Å². The van der Waals surface area contributed by atoms with Gasteiger partial charge in [0, 0.05) is 29.2 Å². The Morgan fingerprint density at radius 3 is 2.73 bits per heavy atom. The number of hydrogen-bond donors (Lipinski definition) is 1. The average molecular weight is 581 g/mol. The van der Waals surface area contributed by atoms with Gasteiger partial charge in [-0.2, -0.15) is 18.2 Å². The fraction of sp³-hybridized carbons (Fsp3) is 0.348. The number of carbonyl (C=O) groups is 2. The minimum absolute atomic E-state index is 0.0142. The number of cyclic esters (lactones) is 1. The zero-order valence-corrected chi connectivity index (χ0v) is 20.9. The number of ether oxygens (including phenoxy) is 3. The Bertz CT molecular complexity index is 1530. The van der Waals surface area contributed by atoms with Crippen LogP contribution in [0.25, 0.3) is 11.1 Å². The molecule has 3 aromatic rings. The van der Waals surface area contributed by atoms with Gasteiger partial charge in [-0.15, -0.1) is 0 Å². The molecular formula is C23H19F4N7O7. The number of anilines is 1. The highest BCUT2D eigenvalue weighted by molar-refractivity contribution is 5.90. The maximum atomic E-state index is 15.1. The standard InChI is InChI=1S/C23H19F4N7O7/c1-11(35)28-5-13-8-33(22(36)41-13)12-2-3-15(17(24)4-12)16-6-29-20(31-19(16)23(25,26)27)40-14-7-32-9-18(34(37)38)30-21(32)39-10-14/h2-4,6,9,13-14H,5,7-8,10H2,1H3,(H,28,35)/t13-,14-/m0/s1. The van der Waals surface area contributed by atoms with E-state index in [0.29, 0.717) is 0 Å². The first-order valence-corrected chi connectivity index (χ1v) is 11.9. The summed E-state index contributed by atoms with van der Waals surface area (Å²) >= 11 is 0. The Kier molecular flexibility index (Phi) is 7.06. The molecule has 1 N–H and O–H groups in total. The number of alkyl halides is 3. The number of halogens is 4. The zero-order valence-electron chi connectivity index (χ0n) is 20.9. The monoisotopic (exact) mass is 581 g/mol. The van der Waals surface area contributed by atoms with Gasteiger partial charge in [-0.3, -0.25) is 14.3 Å². The number of carbonyl (C=O) groups excluding carboxylic acids is 2. The van der Waals surface area contributed by atoms with Crippen LogP contribution < -0.4 is 19.7 Å². The number of fused-ring (bicyclic) bond motifs is 1. The first-order chi connectivity index (χ1) is 19.4. The summed E-state index contributed by atoms with van der Waals surface area (Å²) in [5.74, 6) is -1.89. The van der Waals surface area contributed by atoms with E-state index in [0.717, 1.165) is 29.4 Å². The minimum Gasteiger partial charge on any atom is -0.455 e. The highest BCUT2D eigenvalue weighted by atomic mass is 19.4. The summed E-state index contributed by atoms with van der Waals surface area (Å²) in [6.07, 6.45) is -5.59. The van der Waals surface area contributed by atoms with E-state index in [4.69, 9.17) is 14.2 Å². The molecule has 2 amide bonds. The summed E-state index contributed by atoms with van der Waals surface area (Å²) in [4.78, 5) is 45.5. The van der Waals surface area contributed by atoms with Gasteiger partial charge < -0.3 is 29.6 Å². The van der Waals surface area contributed by atoms with Gasteiger partial charge in [0.15, 0.2) is 11.8 Å². The van der Waals surface area contributed by atoms with Crippen LogP contribution in [0.5, 0.6) is 12.0 Å². The van der Waals surface area contributed by atoms with Gasteiger partial charge in [0.2, 0.25) is 5.91 Å². The molecule has 41 heavy (non-hydrogen) atoms. The molecule has 14 nitrogen and oxygen atoms in total. The van der Waals surface area contributed by atoms with Crippen molar-refractivity contribution in [3.8, 4) is 23.1 Å². The second-order valence-corrected chi connectivity index (χ2v) is 8.97. The predicted molar refractivity (Wildman–Crippen MR) is 128 cm³/mol. The molecule has 2 aromatic heterocycles. The number of amides is 2. The molecule has 18 heteroatoms. The second kappa shape index (κ2) is 10.5. The van der Waals surface area contributed by atoms with Crippen LogP contribution in [0.15, 0.2) is 30.6 Å². The minimum atomic E-state index is -5.03. The molecule has 0 saturated carbocycles. The van der Waals surface area contributed by atoms with E-state index < -0.39 is 63.9 Å². The van der Waals surface area contributed by atoms with Crippen molar-refractivity contribution in [1.82, 2.24) is 24.8 Å². The molecule has 5 rings (SSSR count). The van der Waals surface area contributed by atoms with Crippen molar-refractivity contribution in [2.75, 3.05) is 24.6 Å². The quantitative estimate of drug-likeness (QED) is 0.249. The molecule has 0 aliphatic carbocycles. The number of benzene rings is 1. The van der Waals surface area contributed by atoms with E-state index in [-0.39, 0.29) is 43.8 Å². The Hall–Kier alpha value is -5.03. The predicted octanol–water partition coefficient (Wildman–Crippen LogP) is 2.71. The molecule has 4 heterocycles. The van der Waals surface area contributed by atoms with Gasteiger partial charge in [-0.25, -0.2) is 14.2 Å². The molecule has 2 atom stereocenters. The van der Waals surface area contributed by atoms with Crippen molar-refractivity contribution in [3.63, 3.8) is 0 Å². The topological polar surface area (TPSA) is 164 Å². The first-order valence-electron chi connectivity index (χ1n) is 11.9. The van der Waals surface area contributed by atoms with Crippen LogP contribution in [0, 0.1) is 15.9 Å². The van der Waals surface area contributed by atoms with Crippen molar-refractivity contribution < 1.29 is 46.3 Å².